The maximum atomic E-state index is 5.48. The summed E-state index contributed by atoms with van der Waals surface area (Å²) < 4.78 is 5.48. The fourth-order valence-corrected chi connectivity index (χ4v) is 1.34. The van der Waals surface area contributed by atoms with Crippen LogP contribution in [0.2, 0.25) is 0 Å². The second kappa shape index (κ2) is 7.07. The molecule has 16 heavy (non-hydrogen) atoms. The third-order valence-electron chi connectivity index (χ3n) is 2.53. The van der Waals surface area contributed by atoms with E-state index in [1.54, 1.807) is 6.08 Å². The lowest BCUT2D eigenvalue weighted by Gasteiger charge is -2.12. The van der Waals surface area contributed by atoms with Gasteiger partial charge in [0.05, 0.1) is 0 Å². The molecule has 0 fully saturated rings. The van der Waals surface area contributed by atoms with Crippen LogP contribution in [0.1, 0.15) is 25.8 Å². The lowest BCUT2D eigenvalue weighted by molar-refractivity contribution is 0.362. The molecule has 0 saturated heterocycles. The van der Waals surface area contributed by atoms with Crippen molar-refractivity contribution in [1.82, 2.24) is 5.32 Å². The van der Waals surface area contributed by atoms with E-state index in [4.69, 9.17) is 4.74 Å². The van der Waals surface area contributed by atoms with Crippen molar-refractivity contribution >= 4 is 0 Å². The Bertz CT molecular complexity index is 322. The van der Waals surface area contributed by atoms with Crippen LogP contribution in [-0.2, 0) is 6.54 Å². The molecule has 1 aromatic carbocycles. The average molecular weight is 219 g/mol. The fraction of sp³-hybridized carbons (Fsp3) is 0.429. The molecule has 0 heterocycles. The maximum Gasteiger partial charge on any atom is 0.120 e. The minimum absolute atomic E-state index is 0.553. The van der Waals surface area contributed by atoms with E-state index >= 15 is 0 Å². The van der Waals surface area contributed by atoms with Gasteiger partial charge in [0, 0.05) is 12.6 Å². The highest BCUT2D eigenvalue weighted by Crippen LogP contribution is 2.13. The Morgan fingerprint density at radius 2 is 2.31 bits per heavy atom. The number of nitrogens with one attached hydrogen (secondary N) is 1. The van der Waals surface area contributed by atoms with E-state index < -0.39 is 0 Å². The molecule has 0 aliphatic heterocycles. The molecule has 1 rings (SSSR count). The molecule has 88 valence electrons. The number of hydrogen-bond acceptors (Lipinski definition) is 2. The van der Waals surface area contributed by atoms with Crippen molar-refractivity contribution in [3.8, 4) is 5.75 Å². The molecule has 0 bridgehead atoms. The predicted octanol–water partition coefficient (Wildman–Crippen LogP) is 3.14. The SMILES string of the molecule is C=CCOc1cccc(CNC(C)CC)c1. The Labute approximate surface area is 98.3 Å². The summed E-state index contributed by atoms with van der Waals surface area (Å²) in [5.74, 6) is 0.906. The van der Waals surface area contributed by atoms with Crippen molar-refractivity contribution in [3.05, 3.63) is 42.5 Å². The van der Waals surface area contributed by atoms with E-state index in [0.717, 1.165) is 18.7 Å². The van der Waals surface area contributed by atoms with Crippen LogP contribution in [0, 0.1) is 0 Å². The Balaban J connectivity index is 2.49. The van der Waals surface area contributed by atoms with Crippen LogP contribution >= 0.6 is 0 Å². The third kappa shape index (κ3) is 4.49. The molecule has 2 heteroatoms. The van der Waals surface area contributed by atoms with E-state index in [-0.39, 0.29) is 0 Å². The molecule has 1 atom stereocenters. The van der Waals surface area contributed by atoms with Crippen LogP contribution in [0.5, 0.6) is 5.75 Å². The summed E-state index contributed by atoms with van der Waals surface area (Å²) >= 11 is 0. The van der Waals surface area contributed by atoms with Gasteiger partial charge < -0.3 is 10.1 Å². The van der Waals surface area contributed by atoms with Crippen molar-refractivity contribution in [3.63, 3.8) is 0 Å². The van der Waals surface area contributed by atoms with Crippen molar-refractivity contribution in [2.24, 2.45) is 0 Å². The Morgan fingerprint density at radius 1 is 1.50 bits per heavy atom. The zero-order valence-electron chi connectivity index (χ0n) is 10.2. The van der Waals surface area contributed by atoms with Crippen molar-refractivity contribution < 1.29 is 4.74 Å². The van der Waals surface area contributed by atoms with Crippen LogP contribution in [0.25, 0.3) is 0 Å². The molecule has 0 aliphatic rings. The van der Waals surface area contributed by atoms with E-state index in [2.05, 4.69) is 37.9 Å². The van der Waals surface area contributed by atoms with Gasteiger partial charge in [0.25, 0.3) is 0 Å². The Kier molecular flexibility index (Phi) is 5.65. The van der Waals surface area contributed by atoms with Gasteiger partial charge in [0.1, 0.15) is 12.4 Å². The smallest absolute Gasteiger partial charge is 0.120 e. The van der Waals surface area contributed by atoms with E-state index in [1.807, 2.05) is 12.1 Å². The predicted molar refractivity (Wildman–Crippen MR) is 68.7 cm³/mol. The topological polar surface area (TPSA) is 21.3 Å². The summed E-state index contributed by atoms with van der Waals surface area (Å²) in [4.78, 5) is 0. The van der Waals surface area contributed by atoms with E-state index in [1.165, 1.54) is 5.56 Å². The minimum Gasteiger partial charge on any atom is -0.490 e. The van der Waals surface area contributed by atoms with Gasteiger partial charge in [-0.1, -0.05) is 31.7 Å². The maximum absolute atomic E-state index is 5.48. The van der Waals surface area contributed by atoms with E-state index in [9.17, 15) is 0 Å². The summed E-state index contributed by atoms with van der Waals surface area (Å²) in [6.07, 6.45) is 2.90. The highest BCUT2D eigenvalue weighted by atomic mass is 16.5. The first-order chi connectivity index (χ1) is 7.76. The van der Waals surface area contributed by atoms with Crippen LogP contribution in [0.15, 0.2) is 36.9 Å². The van der Waals surface area contributed by atoms with Gasteiger partial charge in [0.15, 0.2) is 0 Å². The van der Waals surface area contributed by atoms with Crippen LogP contribution < -0.4 is 10.1 Å². The van der Waals surface area contributed by atoms with E-state index in [0.29, 0.717) is 12.6 Å². The summed E-state index contributed by atoms with van der Waals surface area (Å²) in [6, 6.07) is 8.72. The third-order valence-corrected chi connectivity index (χ3v) is 2.53. The average Bonchev–Trinajstić information content (AvgIpc) is 2.34. The van der Waals surface area contributed by atoms with Gasteiger partial charge in [-0.05, 0) is 31.0 Å². The molecule has 0 radical (unpaired) electrons. The number of hydrogen-bond donors (Lipinski definition) is 1. The molecule has 2 nitrogen and oxygen atoms in total. The van der Waals surface area contributed by atoms with Crippen molar-refractivity contribution in [1.29, 1.82) is 0 Å². The van der Waals surface area contributed by atoms with Crippen molar-refractivity contribution in [2.45, 2.75) is 32.9 Å². The number of ether oxygens (including phenoxy) is 1. The molecule has 0 saturated carbocycles. The Hall–Kier alpha value is -1.28. The van der Waals surface area contributed by atoms with Gasteiger partial charge in [-0.25, -0.2) is 0 Å². The van der Waals surface area contributed by atoms with Gasteiger partial charge in [-0.15, -0.1) is 0 Å². The minimum atomic E-state index is 0.553. The zero-order chi connectivity index (χ0) is 11.8. The molecular formula is C14H21NO. The van der Waals surface area contributed by atoms with Gasteiger partial charge in [-0.3, -0.25) is 0 Å². The zero-order valence-corrected chi connectivity index (χ0v) is 10.2. The first-order valence-electron chi connectivity index (χ1n) is 5.82. The molecule has 0 spiro atoms. The highest BCUT2D eigenvalue weighted by molar-refractivity contribution is 5.28. The highest BCUT2D eigenvalue weighted by Gasteiger charge is 1.99. The molecule has 0 amide bonds. The van der Waals surface area contributed by atoms with Crippen LogP contribution in [0.4, 0.5) is 0 Å². The molecular weight excluding hydrogens is 198 g/mol. The molecule has 0 aromatic heterocycles. The summed E-state index contributed by atoms with van der Waals surface area (Å²) in [5, 5.41) is 3.46. The monoisotopic (exact) mass is 219 g/mol. The van der Waals surface area contributed by atoms with Gasteiger partial charge >= 0.3 is 0 Å². The lowest BCUT2D eigenvalue weighted by atomic mass is 10.2. The number of benzene rings is 1. The summed E-state index contributed by atoms with van der Waals surface area (Å²) in [5.41, 5.74) is 1.25. The first-order valence-corrected chi connectivity index (χ1v) is 5.82. The fourth-order valence-electron chi connectivity index (χ4n) is 1.34. The normalized spacial score (nSPS) is 12.1. The quantitative estimate of drug-likeness (QED) is 0.711. The standard InChI is InChI=1S/C14H21NO/c1-4-9-16-14-8-6-7-13(10-14)11-15-12(3)5-2/h4,6-8,10,12,15H,1,5,9,11H2,2-3H3. The molecule has 1 N–H and O–H groups in total. The largest absolute Gasteiger partial charge is 0.490 e. The lowest BCUT2D eigenvalue weighted by Crippen LogP contribution is -2.24. The second-order valence-electron chi connectivity index (χ2n) is 3.94. The molecule has 1 unspecified atom stereocenters. The summed E-state index contributed by atoms with van der Waals surface area (Å²) in [7, 11) is 0. The first kappa shape index (κ1) is 12.8. The van der Waals surface area contributed by atoms with Gasteiger partial charge in [0.2, 0.25) is 0 Å². The number of rotatable bonds is 7. The molecule has 1 aromatic rings. The summed E-state index contributed by atoms with van der Waals surface area (Å²) in [6.45, 7) is 9.45. The second-order valence-corrected chi connectivity index (χ2v) is 3.94. The van der Waals surface area contributed by atoms with Crippen LogP contribution in [0.3, 0.4) is 0 Å². The van der Waals surface area contributed by atoms with Gasteiger partial charge in [-0.2, -0.15) is 0 Å². The van der Waals surface area contributed by atoms with Crippen LogP contribution in [-0.4, -0.2) is 12.6 Å². The Morgan fingerprint density at radius 3 is 3.00 bits per heavy atom. The van der Waals surface area contributed by atoms with Crippen molar-refractivity contribution in [2.75, 3.05) is 6.61 Å². The molecule has 0 aliphatic carbocycles.